The summed E-state index contributed by atoms with van der Waals surface area (Å²) in [7, 11) is 0. The molecular formula is C43H50FN7O9S. The molecule has 6 rings (SSSR count). The van der Waals surface area contributed by atoms with Crippen LogP contribution in [-0.2, 0) is 32.3 Å². The number of thiophene rings is 1. The van der Waals surface area contributed by atoms with E-state index in [-0.39, 0.29) is 81.0 Å². The molecule has 61 heavy (non-hydrogen) atoms. The Morgan fingerprint density at radius 2 is 1.75 bits per heavy atom. The normalized spacial score (nSPS) is 15.6. The number of aromatic nitrogens is 1. The highest BCUT2D eigenvalue weighted by Gasteiger charge is 2.51. The van der Waals surface area contributed by atoms with E-state index < -0.39 is 52.1 Å². The fraction of sp³-hybridized carbons (Fsp3) is 0.419. The van der Waals surface area contributed by atoms with Crippen LogP contribution in [0.4, 0.5) is 25.4 Å². The van der Waals surface area contributed by atoms with E-state index in [4.69, 9.17) is 10.5 Å². The van der Waals surface area contributed by atoms with Crippen molar-refractivity contribution in [3.8, 4) is 0 Å². The number of pyridine rings is 1. The van der Waals surface area contributed by atoms with E-state index in [2.05, 4.69) is 16.0 Å². The van der Waals surface area contributed by atoms with Gasteiger partial charge in [-0.15, -0.1) is 11.3 Å². The highest BCUT2D eigenvalue weighted by Crippen LogP contribution is 2.44. The second-order valence-corrected chi connectivity index (χ2v) is 16.4. The molecular weight excluding hydrogens is 810 g/mol. The van der Waals surface area contributed by atoms with E-state index in [0.717, 1.165) is 17.4 Å². The molecule has 1 aliphatic heterocycles. The lowest BCUT2D eigenvalue weighted by Crippen LogP contribution is -2.52. The first-order valence-electron chi connectivity index (χ1n) is 20.3. The zero-order valence-electron chi connectivity index (χ0n) is 34.0. The Hall–Kier alpha value is -6.30. The number of carboxylic acid groups (broad SMARTS) is 1. The quantitative estimate of drug-likeness (QED) is 0.0673. The molecule has 0 spiro atoms. The Bertz CT molecular complexity index is 2340. The number of ether oxygens (including phenoxy) is 1. The van der Waals surface area contributed by atoms with Crippen LogP contribution in [0.25, 0.3) is 10.9 Å². The van der Waals surface area contributed by atoms with Crippen molar-refractivity contribution >= 4 is 69.3 Å². The molecule has 0 radical (unpaired) electrons. The maximum atomic E-state index is 15.3. The number of aromatic carboxylic acids is 1. The molecule has 4 aromatic rings. The molecule has 6 N–H and O–H groups in total. The van der Waals surface area contributed by atoms with Gasteiger partial charge in [0, 0.05) is 73.8 Å². The van der Waals surface area contributed by atoms with Crippen molar-refractivity contribution in [1.29, 1.82) is 0 Å². The summed E-state index contributed by atoms with van der Waals surface area (Å²) in [6.45, 7) is 5.22. The minimum Gasteiger partial charge on any atom is -0.477 e. The molecule has 2 aromatic carbocycles. The van der Waals surface area contributed by atoms with Gasteiger partial charge in [-0.3, -0.25) is 19.2 Å². The van der Waals surface area contributed by atoms with E-state index >= 15 is 4.39 Å². The summed E-state index contributed by atoms with van der Waals surface area (Å²) in [5, 5.41) is 19.7. The van der Waals surface area contributed by atoms with Gasteiger partial charge in [0.1, 0.15) is 29.2 Å². The van der Waals surface area contributed by atoms with Gasteiger partial charge in [-0.25, -0.2) is 18.8 Å². The van der Waals surface area contributed by atoms with Gasteiger partial charge in [0.2, 0.25) is 17.2 Å². The first-order valence-corrected chi connectivity index (χ1v) is 21.2. The van der Waals surface area contributed by atoms with Crippen LogP contribution in [0.2, 0.25) is 0 Å². The summed E-state index contributed by atoms with van der Waals surface area (Å²) in [5.41, 5.74) is 4.55. The monoisotopic (exact) mass is 859 g/mol. The number of nitrogens with one attached hydrogen (secondary N) is 3. The molecule has 2 fully saturated rings. The van der Waals surface area contributed by atoms with Gasteiger partial charge in [-0.2, -0.15) is 0 Å². The minimum atomic E-state index is -1.39. The number of aryl methyl sites for hydroxylation is 1. The molecule has 1 saturated carbocycles. The van der Waals surface area contributed by atoms with Crippen LogP contribution < -0.4 is 32.0 Å². The number of piperazine rings is 1. The van der Waals surface area contributed by atoms with Gasteiger partial charge >= 0.3 is 18.1 Å². The standard InChI is InChI=1S/C43H50FN7O9S/c1-3-49-24-31(39(55)56)37(53)30-22-32(44)34(23-33(30)49)50-16-18-51(19-17-50)42(59)60-25-27-9-11-29(12-10-27)48-38(54)28(7-4-15-46-41(45)58)21-36(52)43(13-6-14-43)40(57)47-26(2)35-8-5-20-61-35/h5,8-12,20,22-24,26,28H,3-4,6-7,13-19,21,25H2,1-2H3,(H,47,57)(H,48,54)(H,55,56)(H3,45,46,58)/t26-,28-/m1/s1. The summed E-state index contributed by atoms with van der Waals surface area (Å²) < 4.78 is 22.5. The van der Waals surface area contributed by atoms with Gasteiger partial charge in [0.25, 0.3) is 0 Å². The predicted octanol–water partition coefficient (Wildman–Crippen LogP) is 5.39. The van der Waals surface area contributed by atoms with Crippen LogP contribution in [0.1, 0.15) is 79.2 Å². The molecule has 1 saturated heterocycles. The van der Waals surface area contributed by atoms with Crippen LogP contribution in [0, 0.1) is 17.2 Å². The molecule has 16 nitrogen and oxygen atoms in total. The molecule has 324 valence electrons. The maximum absolute atomic E-state index is 15.3. The third-order valence-electron chi connectivity index (χ3n) is 11.5. The lowest BCUT2D eigenvalue weighted by molar-refractivity contribution is -0.150. The topological polar surface area (TPSA) is 222 Å². The maximum Gasteiger partial charge on any atom is 0.410 e. The Balaban J connectivity index is 1.02. The van der Waals surface area contributed by atoms with Gasteiger partial charge < -0.3 is 45.9 Å². The van der Waals surface area contributed by atoms with E-state index in [1.165, 1.54) is 28.5 Å². The number of anilines is 2. The van der Waals surface area contributed by atoms with Crippen molar-refractivity contribution in [2.75, 3.05) is 42.9 Å². The minimum absolute atomic E-state index is 0.0251. The Morgan fingerprint density at radius 1 is 1.03 bits per heavy atom. The Morgan fingerprint density at radius 3 is 2.36 bits per heavy atom. The van der Waals surface area contributed by atoms with Crippen LogP contribution in [0.3, 0.4) is 0 Å². The smallest absolute Gasteiger partial charge is 0.410 e. The number of nitrogens with two attached hydrogens (primary N) is 1. The highest BCUT2D eigenvalue weighted by molar-refractivity contribution is 7.10. The third kappa shape index (κ3) is 10.2. The van der Waals surface area contributed by atoms with Crippen molar-refractivity contribution in [3.63, 3.8) is 0 Å². The average molecular weight is 860 g/mol. The number of Topliss-reactive ketones (excluding diaryl/α,β-unsaturated/α-hetero) is 1. The first-order chi connectivity index (χ1) is 29.2. The van der Waals surface area contributed by atoms with Gasteiger partial charge in [0.05, 0.1) is 17.2 Å². The van der Waals surface area contributed by atoms with Crippen molar-refractivity contribution in [1.82, 2.24) is 20.1 Å². The molecule has 3 heterocycles. The van der Waals surface area contributed by atoms with Crippen molar-refractivity contribution < 1.29 is 43.0 Å². The number of carboxylic acids is 1. The number of urea groups is 1. The zero-order chi connectivity index (χ0) is 43.8. The number of hydrogen-bond acceptors (Lipinski definition) is 10. The third-order valence-corrected chi connectivity index (χ3v) is 12.6. The number of benzene rings is 2. The number of primary amides is 1. The molecule has 1 aliphatic carbocycles. The summed E-state index contributed by atoms with van der Waals surface area (Å²) in [4.78, 5) is 93.8. The van der Waals surface area contributed by atoms with Gasteiger partial charge in [-0.1, -0.05) is 24.6 Å². The lowest BCUT2D eigenvalue weighted by atomic mass is 9.63. The van der Waals surface area contributed by atoms with Crippen LogP contribution in [0.15, 0.2) is 64.9 Å². The molecule has 2 aliphatic rings. The number of ketones is 1. The molecule has 2 aromatic heterocycles. The Labute approximate surface area is 355 Å². The summed E-state index contributed by atoms with van der Waals surface area (Å²) in [5.74, 6) is -3.88. The number of carbonyl (C=O) groups is 6. The van der Waals surface area contributed by atoms with E-state index in [1.54, 1.807) is 40.7 Å². The number of nitrogens with zero attached hydrogens (tertiary/aromatic N) is 3. The fourth-order valence-corrected chi connectivity index (χ4v) is 8.50. The van der Waals surface area contributed by atoms with Gasteiger partial charge in [-0.05, 0) is 80.8 Å². The van der Waals surface area contributed by atoms with Crippen LogP contribution in [-0.4, -0.2) is 83.0 Å². The fourth-order valence-electron chi connectivity index (χ4n) is 7.76. The van der Waals surface area contributed by atoms with E-state index in [0.29, 0.717) is 42.6 Å². The SMILES string of the molecule is CCn1cc(C(=O)O)c(=O)c2cc(F)c(N3CCN(C(=O)OCc4ccc(NC(=O)[C@H](CCCNC(N)=O)CC(=O)C5(C(=O)N[C@H](C)c6cccs6)CCC5)cc4)CC3)cc21. The van der Waals surface area contributed by atoms with Crippen LogP contribution >= 0.6 is 11.3 Å². The second-order valence-electron chi connectivity index (χ2n) is 15.4. The molecule has 18 heteroatoms. The van der Waals surface area contributed by atoms with E-state index in [1.807, 2.05) is 24.4 Å². The van der Waals surface area contributed by atoms with E-state index in [9.17, 15) is 38.7 Å². The van der Waals surface area contributed by atoms with Crippen molar-refractivity contribution in [2.45, 2.75) is 71.6 Å². The average Bonchev–Trinajstić information content (AvgIpc) is 3.77. The van der Waals surface area contributed by atoms with Crippen molar-refractivity contribution in [2.24, 2.45) is 17.1 Å². The number of halogens is 1. The molecule has 5 amide bonds. The summed E-state index contributed by atoms with van der Waals surface area (Å²) in [6, 6.07) is 12.1. The number of carbonyl (C=O) groups excluding carboxylic acids is 5. The molecule has 2 atom stereocenters. The van der Waals surface area contributed by atoms with Crippen LogP contribution in [0.5, 0.6) is 0 Å². The van der Waals surface area contributed by atoms with Gasteiger partial charge in [0.15, 0.2) is 0 Å². The largest absolute Gasteiger partial charge is 0.477 e. The second kappa shape index (κ2) is 19.4. The highest BCUT2D eigenvalue weighted by atomic mass is 32.1. The zero-order valence-corrected chi connectivity index (χ0v) is 34.9. The first kappa shape index (κ1) is 44.3. The summed E-state index contributed by atoms with van der Waals surface area (Å²) >= 11 is 1.51. The Kier molecular flexibility index (Phi) is 14.1. The number of amides is 5. The molecule has 0 unspecified atom stereocenters. The number of hydrogen-bond donors (Lipinski definition) is 5. The molecule has 0 bridgehead atoms. The lowest BCUT2D eigenvalue weighted by Gasteiger charge is -2.40. The number of fused-ring (bicyclic) bond motifs is 1. The van der Waals surface area contributed by atoms with Crippen molar-refractivity contribution in [3.05, 3.63) is 92.2 Å². The summed E-state index contributed by atoms with van der Waals surface area (Å²) in [6.07, 6.45) is 2.72. The number of rotatable bonds is 17. The predicted molar refractivity (Wildman–Crippen MR) is 227 cm³/mol.